The summed E-state index contributed by atoms with van der Waals surface area (Å²) in [4.78, 5) is 15.8. The predicted octanol–water partition coefficient (Wildman–Crippen LogP) is 1.64. The first kappa shape index (κ1) is 13.6. The van der Waals surface area contributed by atoms with Crippen molar-refractivity contribution in [2.24, 2.45) is 5.73 Å². The lowest BCUT2D eigenvalue weighted by Gasteiger charge is -2.33. The molecule has 0 aliphatic carbocycles. The number of nitrogens with two attached hydrogens (primary N) is 1. The zero-order chi connectivity index (χ0) is 12.9. The number of methoxy groups -OCH3 is 1. The molecule has 0 fully saturated rings. The summed E-state index contributed by atoms with van der Waals surface area (Å²) in [5, 5.41) is 0. The number of ether oxygens (including phenoxy) is 1. The van der Waals surface area contributed by atoms with E-state index in [2.05, 4.69) is 4.98 Å². The molecule has 0 aliphatic rings. The molecule has 17 heavy (non-hydrogen) atoms. The minimum atomic E-state index is -0.483. The fourth-order valence-corrected chi connectivity index (χ4v) is 1.93. The largest absolute Gasteiger partial charge is 0.469 e. The molecule has 1 aromatic rings. The molecular formula is C13H20N2O2. The molecule has 0 aliphatic heterocycles. The van der Waals surface area contributed by atoms with E-state index in [1.165, 1.54) is 7.11 Å². The molecule has 0 saturated heterocycles. The Balaban J connectivity index is 3.06. The average Bonchev–Trinajstić information content (AvgIpc) is 2.38. The summed E-state index contributed by atoms with van der Waals surface area (Å²) in [6.45, 7) is 3.96. The van der Waals surface area contributed by atoms with Crippen LogP contribution in [0.15, 0.2) is 24.4 Å². The zero-order valence-electron chi connectivity index (χ0n) is 10.6. The van der Waals surface area contributed by atoms with Gasteiger partial charge in [0.2, 0.25) is 0 Å². The van der Waals surface area contributed by atoms with E-state index in [9.17, 15) is 4.79 Å². The minimum absolute atomic E-state index is 0.128. The van der Waals surface area contributed by atoms with Gasteiger partial charge in [-0.3, -0.25) is 9.78 Å². The SMILES string of the molecule is CCC(N)C(C)(CC(=O)OC)c1ccccn1. The Kier molecular flexibility index (Phi) is 4.63. The predicted molar refractivity (Wildman–Crippen MR) is 66.5 cm³/mol. The third-order valence-electron chi connectivity index (χ3n) is 3.25. The smallest absolute Gasteiger partial charge is 0.306 e. The van der Waals surface area contributed by atoms with Gasteiger partial charge in [0.1, 0.15) is 0 Å². The molecule has 1 rings (SSSR count). The topological polar surface area (TPSA) is 65.2 Å². The Bertz CT molecular complexity index is 367. The average molecular weight is 236 g/mol. The van der Waals surface area contributed by atoms with Crippen molar-refractivity contribution in [1.82, 2.24) is 4.98 Å². The molecule has 0 saturated carbocycles. The van der Waals surface area contributed by atoms with Gasteiger partial charge in [-0.15, -0.1) is 0 Å². The van der Waals surface area contributed by atoms with Crippen molar-refractivity contribution in [2.45, 2.75) is 38.1 Å². The Morgan fingerprint density at radius 2 is 2.29 bits per heavy atom. The van der Waals surface area contributed by atoms with Gasteiger partial charge < -0.3 is 10.5 Å². The highest BCUT2D eigenvalue weighted by Gasteiger charge is 2.36. The van der Waals surface area contributed by atoms with Crippen molar-refractivity contribution in [3.05, 3.63) is 30.1 Å². The van der Waals surface area contributed by atoms with E-state index in [-0.39, 0.29) is 18.4 Å². The molecule has 0 radical (unpaired) electrons. The van der Waals surface area contributed by atoms with Crippen LogP contribution in [-0.2, 0) is 14.9 Å². The maximum absolute atomic E-state index is 11.5. The van der Waals surface area contributed by atoms with Gasteiger partial charge in [-0.1, -0.05) is 19.9 Å². The number of nitrogens with zero attached hydrogens (tertiary/aromatic N) is 1. The van der Waals surface area contributed by atoms with E-state index in [4.69, 9.17) is 10.5 Å². The van der Waals surface area contributed by atoms with Gasteiger partial charge in [-0.05, 0) is 18.6 Å². The molecule has 2 atom stereocenters. The molecule has 0 amide bonds. The number of aromatic nitrogens is 1. The van der Waals surface area contributed by atoms with E-state index in [1.54, 1.807) is 6.20 Å². The Labute approximate surface area is 102 Å². The molecule has 2 N–H and O–H groups in total. The first-order valence-corrected chi connectivity index (χ1v) is 5.78. The van der Waals surface area contributed by atoms with Crippen LogP contribution in [0.4, 0.5) is 0 Å². The van der Waals surface area contributed by atoms with Gasteiger partial charge in [-0.25, -0.2) is 0 Å². The number of carbonyl (C=O) groups is 1. The minimum Gasteiger partial charge on any atom is -0.469 e. The monoisotopic (exact) mass is 236 g/mol. The highest BCUT2D eigenvalue weighted by Crippen LogP contribution is 2.30. The van der Waals surface area contributed by atoms with Crippen molar-refractivity contribution < 1.29 is 9.53 Å². The summed E-state index contributed by atoms with van der Waals surface area (Å²) in [7, 11) is 1.39. The third kappa shape index (κ3) is 3.03. The van der Waals surface area contributed by atoms with Crippen LogP contribution in [-0.4, -0.2) is 24.1 Å². The summed E-state index contributed by atoms with van der Waals surface area (Å²) < 4.78 is 4.74. The lowest BCUT2D eigenvalue weighted by molar-refractivity contribution is -0.142. The van der Waals surface area contributed by atoms with Crippen LogP contribution in [0.5, 0.6) is 0 Å². The van der Waals surface area contributed by atoms with Gasteiger partial charge in [0.15, 0.2) is 0 Å². The van der Waals surface area contributed by atoms with Gasteiger partial charge in [-0.2, -0.15) is 0 Å². The molecular weight excluding hydrogens is 216 g/mol. The van der Waals surface area contributed by atoms with Crippen LogP contribution >= 0.6 is 0 Å². The van der Waals surface area contributed by atoms with Gasteiger partial charge in [0.05, 0.1) is 13.5 Å². The standard InChI is InChI=1S/C13H20N2O2/c1-4-10(14)13(2,9-12(16)17-3)11-7-5-6-8-15-11/h5-8,10H,4,9,14H2,1-3H3. The fourth-order valence-electron chi connectivity index (χ4n) is 1.93. The molecule has 1 heterocycles. The van der Waals surface area contributed by atoms with Crippen LogP contribution in [0, 0.1) is 0 Å². The Morgan fingerprint density at radius 3 is 2.76 bits per heavy atom. The summed E-state index contributed by atoms with van der Waals surface area (Å²) in [6.07, 6.45) is 2.74. The van der Waals surface area contributed by atoms with Gasteiger partial charge in [0.25, 0.3) is 0 Å². The molecule has 4 heteroatoms. The van der Waals surface area contributed by atoms with E-state index >= 15 is 0 Å². The maximum Gasteiger partial charge on any atom is 0.306 e. The van der Waals surface area contributed by atoms with E-state index in [0.717, 1.165) is 12.1 Å². The second-order valence-corrected chi connectivity index (χ2v) is 4.40. The van der Waals surface area contributed by atoms with E-state index < -0.39 is 5.41 Å². The summed E-state index contributed by atoms with van der Waals surface area (Å²) in [6, 6.07) is 5.52. The first-order valence-electron chi connectivity index (χ1n) is 5.78. The first-order chi connectivity index (χ1) is 8.04. The molecule has 2 unspecified atom stereocenters. The number of hydrogen-bond donors (Lipinski definition) is 1. The van der Waals surface area contributed by atoms with Gasteiger partial charge in [0, 0.05) is 23.3 Å². The second kappa shape index (κ2) is 5.77. The fraction of sp³-hybridized carbons (Fsp3) is 0.538. The van der Waals surface area contributed by atoms with Crippen molar-refractivity contribution in [1.29, 1.82) is 0 Å². The normalized spacial score (nSPS) is 16.0. The lowest BCUT2D eigenvalue weighted by atomic mass is 9.75. The molecule has 4 nitrogen and oxygen atoms in total. The maximum atomic E-state index is 11.5. The quantitative estimate of drug-likeness (QED) is 0.789. The van der Waals surface area contributed by atoms with Crippen LogP contribution < -0.4 is 5.73 Å². The van der Waals surface area contributed by atoms with E-state index in [1.807, 2.05) is 32.0 Å². The molecule has 0 bridgehead atoms. The number of pyridine rings is 1. The molecule has 94 valence electrons. The van der Waals surface area contributed by atoms with Crippen molar-refractivity contribution in [2.75, 3.05) is 7.11 Å². The summed E-state index contributed by atoms with van der Waals surface area (Å²) in [5.41, 5.74) is 6.49. The van der Waals surface area contributed by atoms with Crippen molar-refractivity contribution in [3.8, 4) is 0 Å². The Hall–Kier alpha value is -1.42. The highest BCUT2D eigenvalue weighted by molar-refractivity contribution is 5.71. The number of hydrogen-bond acceptors (Lipinski definition) is 4. The number of carbonyl (C=O) groups excluding carboxylic acids is 1. The molecule has 0 aromatic carbocycles. The Morgan fingerprint density at radius 1 is 1.59 bits per heavy atom. The zero-order valence-corrected chi connectivity index (χ0v) is 10.6. The highest BCUT2D eigenvalue weighted by atomic mass is 16.5. The van der Waals surface area contributed by atoms with E-state index in [0.29, 0.717) is 0 Å². The number of rotatable bonds is 5. The third-order valence-corrected chi connectivity index (χ3v) is 3.25. The summed E-state index contributed by atoms with van der Waals surface area (Å²) in [5.74, 6) is -0.262. The van der Waals surface area contributed by atoms with Crippen LogP contribution in [0.3, 0.4) is 0 Å². The van der Waals surface area contributed by atoms with Crippen LogP contribution in [0.2, 0.25) is 0 Å². The van der Waals surface area contributed by atoms with Gasteiger partial charge >= 0.3 is 5.97 Å². The second-order valence-electron chi connectivity index (χ2n) is 4.40. The van der Waals surface area contributed by atoms with Crippen LogP contribution in [0.25, 0.3) is 0 Å². The van der Waals surface area contributed by atoms with Crippen LogP contribution in [0.1, 0.15) is 32.4 Å². The van der Waals surface area contributed by atoms with Crippen molar-refractivity contribution >= 4 is 5.97 Å². The van der Waals surface area contributed by atoms with Crippen molar-refractivity contribution in [3.63, 3.8) is 0 Å². The summed E-state index contributed by atoms with van der Waals surface area (Å²) >= 11 is 0. The molecule has 0 spiro atoms. The lowest BCUT2D eigenvalue weighted by Crippen LogP contribution is -2.45. The number of esters is 1. The molecule has 1 aromatic heterocycles.